The average Bonchev–Trinajstić information content (AvgIpc) is 2.50. The van der Waals surface area contributed by atoms with E-state index in [1.807, 2.05) is 13.1 Å². The highest BCUT2D eigenvalue weighted by Gasteiger charge is 2.06. The van der Waals surface area contributed by atoms with E-state index in [4.69, 9.17) is 5.11 Å². The molecule has 2 rings (SSSR count). The molecule has 0 bridgehead atoms. The Labute approximate surface area is 89.7 Å². The summed E-state index contributed by atoms with van der Waals surface area (Å²) >= 11 is 3.37. The molecule has 0 unspecified atom stereocenters. The van der Waals surface area contributed by atoms with E-state index in [0.29, 0.717) is 6.42 Å². The largest absolute Gasteiger partial charge is 0.396 e. The van der Waals surface area contributed by atoms with Gasteiger partial charge in [-0.2, -0.15) is 5.10 Å². The molecule has 0 radical (unpaired) electrons. The zero-order chi connectivity index (χ0) is 10.1. The van der Waals surface area contributed by atoms with Crippen molar-refractivity contribution >= 4 is 21.6 Å². The summed E-state index contributed by atoms with van der Waals surface area (Å²) in [5, 5.41) is 13.0. The van der Waals surface area contributed by atoms with Crippen molar-refractivity contribution in [2.75, 3.05) is 6.61 Å². The molecule has 0 aliphatic carbocycles. The Hall–Kier alpha value is -0.940. The van der Waals surface area contributed by atoms with E-state index in [2.05, 4.69) is 26.0 Å². The zero-order valence-corrected chi connectivity index (χ0v) is 9.32. The van der Waals surface area contributed by atoms with Crippen molar-refractivity contribution in [3.8, 4) is 0 Å². The topological polar surface area (TPSA) is 50.4 Å². The molecule has 2 aromatic heterocycles. The van der Waals surface area contributed by atoms with Gasteiger partial charge in [-0.05, 0) is 34.8 Å². The Bertz CT molecular complexity index is 466. The number of nitrogens with zero attached hydrogens (tertiary/aromatic N) is 3. The van der Waals surface area contributed by atoms with Crippen LogP contribution in [-0.4, -0.2) is 26.3 Å². The van der Waals surface area contributed by atoms with Crippen LogP contribution in [0.15, 0.2) is 16.9 Å². The van der Waals surface area contributed by atoms with Crippen LogP contribution in [0, 0.1) is 6.92 Å². The quantitative estimate of drug-likeness (QED) is 0.881. The van der Waals surface area contributed by atoms with Crippen LogP contribution in [0.1, 0.15) is 11.3 Å². The molecule has 1 N–H and O–H groups in total. The molecule has 0 aromatic carbocycles. The first-order chi connectivity index (χ1) is 6.72. The van der Waals surface area contributed by atoms with Gasteiger partial charge in [0.2, 0.25) is 0 Å². The van der Waals surface area contributed by atoms with E-state index in [0.717, 1.165) is 21.4 Å². The molecular weight excluding hydrogens is 246 g/mol. The minimum atomic E-state index is 0.135. The lowest BCUT2D eigenvalue weighted by atomic mass is 10.2. The maximum Gasteiger partial charge on any atom is 0.169 e. The second-order valence-electron chi connectivity index (χ2n) is 3.09. The van der Waals surface area contributed by atoms with Crippen molar-refractivity contribution in [2.45, 2.75) is 13.3 Å². The van der Waals surface area contributed by atoms with Gasteiger partial charge in [-0.25, -0.2) is 9.50 Å². The van der Waals surface area contributed by atoms with E-state index in [9.17, 15) is 0 Å². The SMILES string of the molecule is Cc1nc2c(Br)cnn2cc1CCO. The van der Waals surface area contributed by atoms with E-state index >= 15 is 0 Å². The van der Waals surface area contributed by atoms with Crippen molar-refractivity contribution in [3.63, 3.8) is 0 Å². The van der Waals surface area contributed by atoms with Crippen molar-refractivity contribution in [3.05, 3.63) is 28.1 Å². The van der Waals surface area contributed by atoms with Crippen LogP contribution in [0.3, 0.4) is 0 Å². The van der Waals surface area contributed by atoms with Crippen molar-refractivity contribution in [1.29, 1.82) is 0 Å². The van der Waals surface area contributed by atoms with Crippen LogP contribution >= 0.6 is 15.9 Å². The highest BCUT2D eigenvalue weighted by atomic mass is 79.9. The maximum atomic E-state index is 8.85. The number of aliphatic hydroxyl groups excluding tert-OH is 1. The Kier molecular flexibility index (Phi) is 2.52. The Morgan fingerprint density at radius 3 is 3.07 bits per heavy atom. The van der Waals surface area contributed by atoms with Crippen molar-refractivity contribution < 1.29 is 5.11 Å². The summed E-state index contributed by atoms with van der Waals surface area (Å²) in [6.45, 7) is 2.07. The first kappa shape index (κ1) is 9.61. The van der Waals surface area contributed by atoms with E-state index in [1.54, 1.807) is 10.7 Å². The molecule has 0 aliphatic rings. The number of hydrogen-bond donors (Lipinski definition) is 1. The normalized spacial score (nSPS) is 11.1. The van der Waals surface area contributed by atoms with Gasteiger partial charge in [-0.15, -0.1) is 0 Å². The number of fused-ring (bicyclic) bond motifs is 1. The van der Waals surface area contributed by atoms with E-state index < -0.39 is 0 Å². The van der Waals surface area contributed by atoms with Gasteiger partial charge in [0.1, 0.15) is 0 Å². The monoisotopic (exact) mass is 255 g/mol. The molecule has 14 heavy (non-hydrogen) atoms. The van der Waals surface area contributed by atoms with Crippen LogP contribution in [0.4, 0.5) is 0 Å². The lowest BCUT2D eigenvalue weighted by Gasteiger charge is -2.03. The van der Waals surface area contributed by atoms with Crippen molar-refractivity contribution in [1.82, 2.24) is 14.6 Å². The van der Waals surface area contributed by atoms with Crippen LogP contribution in [0.25, 0.3) is 5.65 Å². The highest BCUT2D eigenvalue weighted by Crippen LogP contribution is 2.17. The maximum absolute atomic E-state index is 8.85. The van der Waals surface area contributed by atoms with Crippen LogP contribution in [-0.2, 0) is 6.42 Å². The number of rotatable bonds is 2. The molecule has 5 heteroatoms. The first-order valence-corrected chi connectivity index (χ1v) is 5.12. The molecular formula is C9H10BrN3O. The van der Waals surface area contributed by atoms with Crippen molar-refractivity contribution in [2.24, 2.45) is 0 Å². The number of hydrogen-bond acceptors (Lipinski definition) is 3. The molecule has 0 spiro atoms. The van der Waals surface area contributed by atoms with Gasteiger partial charge < -0.3 is 5.11 Å². The third kappa shape index (κ3) is 1.53. The Morgan fingerprint density at radius 1 is 1.57 bits per heavy atom. The van der Waals surface area contributed by atoms with Gasteiger partial charge in [0.15, 0.2) is 5.65 Å². The third-order valence-corrected chi connectivity index (χ3v) is 2.68. The van der Waals surface area contributed by atoms with Gasteiger partial charge in [-0.3, -0.25) is 0 Å². The van der Waals surface area contributed by atoms with E-state index in [1.165, 1.54) is 0 Å². The summed E-state index contributed by atoms with van der Waals surface area (Å²) in [6.07, 6.45) is 4.23. The van der Waals surface area contributed by atoms with E-state index in [-0.39, 0.29) is 6.61 Å². The van der Waals surface area contributed by atoms with Crippen LogP contribution < -0.4 is 0 Å². The van der Waals surface area contributed by atoms with Gasteiger partial charge in [0.25, 0.3) is 0 Å². The Morgan fingerprint density at radius 2 is 2.36 bits per heavy atom. The van der Waals surface area contributed by atoms with Crippen LogP contribution in [0.5, 0.6) is 0 Å². The second-order valence-corrected chi connectivity index (χ2v) is 3.94. The molecule has 4 nitrogen and oxygen atoms in total. The molecule has 2 heterocycles. The molecule has 2 aromatic rings. The minimum absolute atomic E-state index is 0.135. The highest BCUT2D eigenvalue weighted by molar-refractivity contribution is 9.10. The van der Waals surface area contributed by atoms with Crippen LogP contribution in [0.2, 0.25) is 0 Å². The number of aromatic nitrogens is 3. The Balaban J connectivity index is 2.60. The predicted octanol–water partition coefficient (Wildman–Crippen LogP) is 1.34. The summed E-state index contributed by atoms with van der Waals surface area (Å²) in [4.78, 5) is 4.40. The lowest BCUT2D eigenvalue weighted by molar-refractivity contribution is 0.299. The average molecular weight is 256 g/mol. The smallest absolute Gasteiger partial charge is 0.169 e. The van der Waals surface area contributed by atoms with Gasteiger partial charge >= 0.3 is 0 Å². The number of halogens is 1. The van der Waals surface area contributed by atoms with Gasteiger partial charge in [-0.1, -0.05) is 0 Å². The fourth-order valence-electron chi connectivity index (χ4n) is 1.37. The summed E-state index contributed by atoms with van der Waals surface area (Å²) in [6, 6.07) is 0. The number of aryl methyl sites for hydroxylation is 1. The minimum Gasteiger partial charge on any atom is -0.396 e. The van der Waals surface area contributed by atoms with Gasteiger partial charge in [0.05, 0.1) is 10.7 Å². The zero-order valence-electron chi connectivity index (χ0n) is 7.74. The number of aliphatic hydroxyl groups is 1. The summed E-state index contributed by atoms with van der Waals surface area (Å²) in [5.41, 5.74) is 2.77. The first-order valence-electron chi connectivity index (χ1n) is 4.32. The molecule has 0 aliphatic heterocycles. The summed E-state index contributed by atoms with van der Waals surface area (Å²) < 4.78 is 2.60. The summed E-state index contributed by atoms with van der Waals surface area (Å²) in [7, 11) is 0. The fourth-order valence-corrected chi connectivity index (χ4v) is 1.73. The second kappa shape index (κ2) is 3.67. The summed E-state index contributed by atoms with van der Waals surface area (Å²) in [5.74, 6) is 0. The fraction of sp³-hybridized carbons (Fsp3) is 0.333. The lowest BCUT2D eigenvalue weighted by Crippen LogP contribution is -2.01. The molecule has 0 saturated heterocycles. The molecule has 0 amide bonds. The molecule has 0 fully saturated rings. The third-order valence-electron chi connectivity index (χ3n) is 2.12. The molecule has 0 atom stereocenters. The van der Waals surface area contributed by atoms with Gasteiger partial charge in [0, 0.05) is 18.5 Å². The standard InChI is InChI=1S/C9H10BrN3O/c1-6-7(2-3-14)5-13-9(12-6)8(10)4-11-13/h4-5,14H,2-3H2,1H3. The predicted molar refractivity (Wildman–Crippen MR) is 56.2 cm³/mol. The molecule has 74 valence electrons. The molecule has 0 saturated carbocycles.